The molecule has 0 amide bonds. The normalized spacial score (nSPS) is 17.2. The molecule has 0 radical (unpaired) electrons. The maximum absolute atomic E-state index is 7.57. The number of nitrogens with one attached hydrogen (secondary N) is 1. The van der Waals surface area contributed by atoms with E-state index in [0.29, 0.717) is 12.5 Å². The lowest BCUT2D eigenvalue weighted by atomic mass is 9.90. The largest absolute Gasteiger partial charge is 0.383 e. The highest BCUT2D eigenvalue weighted by Crippen LogP contribution is 2.35. The minimum absolute atomic E-state index is 0.108. The fraction of sp³-hybridized carbons (Fsp3) is 0.667. The zero-order chi connectivity index (χ0) is 12.3. The lowest BCUT2D eigenvalue weighted by molar-refractivity contribution is 0.181. The van der Waals surface area contributed by atoms with Gasteiger partial charge in [0, 0.05) is 13.0 Å². The van der Waals surface area contributed by atoms with Crippen molar-refractivity contribution in [3.63, 3.8) is 0 Å². The summed E-state index contributed by atoms with van der Waals surface area (Å²) in [7, 11) is 1.64. The molecule has 1 heterocycles. The van der Waals surface area contributed by atoms with E-state index in [1.54, 1.807) is 18.4 Å². The van der Waals surface area contributed by atoms with Gasteiger partial charge in [-0.05, 0) is 12.8 Å². The fourth-order valence-electron chi connectivity index (χ4n) is 2.34. The second-order valence-electron chi connectivity index (χ2n) is 4.51. The van der Waals surface area contributed by atoms with Gasteiger partial charge in [0.15, 0.2) is 0 Å². The molecule has 1 aliphatic carbocycles. The maximum Gasteiger partial charge on any atom is 0.135 e. The molecule has 0 bridgehead atoms. The zero-order valence-corrected chi connectivity index (χ0v) is 11.0. The summed E-state index contributed by atoms with van der Waals surface area (Å²) >= 11 is 1.57. The topological polar surface area (TPSA) is 72.0 Å². The highest BCUT2D eigenvalue weighted by Gasteiger charge is 2.22. The molecule has 1 aliphatic rings. The number of methoxy groups -OCH3 is 1. The fourth-order valence-corrected chi connectivity index (χ4v) is 3.44. The van der Waals surface area contributed by atoms with Crippen molar-refractivity contribution in [1.29, 1.82) is 5.41 Å². The molecule has 1 saturated carbocycles. The van der Waals surface area contributed by atoms with Crippen molar-refractivity contribution in [3.05, 3.63) is 15.6 Å². The number of aromatic nitrogens is 1. The molecule has 0 aromatic carbocycles. The van der Waals surface area contributed by atoms with E-state index in [1.807, 2.05) is 0 Å². The van der Waals surface area contributed by atoms with Crippen molar-refractivity contribution in [2.45, 2.75) is 44.6 Å². The lowest BCUT2D eigenvalue weighted by Crippen LogP contribution is -2.11. The van der Waals surface area contributed by atoms with Gasteiger partial charge in [-0.15, -0.1) is 11.3 Å². The number of hydrogen-bond acceptors (Lipinski definition) is 4. The van der Waals surface area contributed by atoms with Gasteiger partial charge in [0.2, 0.25) is 0 Å². The van der Waals surface area contributed by atoms with Crippen LogP contribution in [0.1, 0.15) is 53.6 Å². The predicted molar refractivity (Wildman–Crippen MR) is 69.7 cm³/mol. The predicted octanol–water partition coefficient (Wildman–Crippen LogP) is 2.62. The van der Waals surface area contributed by atoms with E-state index >= 15 is 0 Å². The molecule has 0 aliphatic heterocycles. The standard InChI is InChI=1S/C12H19N3OS/c1-16-7-9-10(11(13)14)17-12(15-9)8-5-3-2-4-6-8/h8H,2-7H2,1H3,(H3,13,14). The number of nitrogen functional groups attached to an aromatic ring is 1. The Morgan fingerprint density at radius 3 is 2.76 bits per heavy atom. The van der Waals surface area contributed by atoms with Gasteiger partial charge >= 0.3 is 0 Å². The Hall–Kier alpha value is -0.940. The van der Waals surface area contributed by atoms with Crippen LogP contribution in [0.15, 0.2) is 0 Å². The smallest absolute Gasteiger partial charge is 0.135 e. The number of nitrogens with two attached hydrogens (primary N) is 1. The van der Waals surface area contributed by atoms with Gasteiger partial charge in [0.25, 0.3) is 0 Å². The van der Waals surface area contributed by atoms with Crippen molar-refractivity contribution >= 4 is 17.2 Å². The van der Waals surface area contributed by atoms with Gasteiger partial charge in [-0.3, -0.25) is 5.41 Å². The van der Waals surface area contributed by atoms with Crippen molar-refractivity contribution in [1.82, 2.24) is 4.98 Å². The van der Waals surface area contributed by atoms with Gasteiger partial charge in [-0.1, -0.05) is 19.3 Å². The van der Waals surface area contributed by atoms with E-state index in [1.165, 1.54) is 32.1 Å². The molecule has 4 nitrogen and oxygen atoms in total. The molecule has 3 N–H and O–H groups in total. The molecular weight excluding hydrogens is 234 g/mol. The monoisotopic (exact) mass is 253 g/mol. The number of nitrogens with zero attached hydrogens (tertiary/aromatic N) is 1. The molecule has 0 spiro atoms. The summed E-state index contributed by atoms with van der Waals surface area (Å²) in [6, 6.07) is 0. The molecule has 0 unspecified atom stereocenters. The summed E-state index contributed by atoms with van der Waals surface area (Å²) in [6.45, 7) is 0.443. The SMILES string of the molecule is COCc1nc(C2CCCCC2)sc1C(=N)N. The maximum atomic E-state index is 7.57. The van der Waals surface area contributed by atoms with Crippen molar-refractivity contribution in [2.24, 2.45) is 5.73 Å². The first-order valence-corrected chi connectivity index (χ1v) is 6.87. The quantitative estimate of drug-likeness (QED) is 0.640. The summed E-state index contributed by atoms with van der Waals surface area (Å²) in [5.41, 5.74) is 6.41. The Balaban J connectivity index is 2.22. The Kier molecular flexibility index (Phi) is 4.12. The lowest BCUT2D eigenvalue weighted by Gasteiger charge is -2.18. The molecule has 1 fully saturated rings. The second kappa shape index (κ2) is 5.60. The van der Waals surface area contributed by atoms with Crippen LogP contribution in [0.3, 0.4) is 0 Å². The van der Waals surface area contributed by atoms with Crippen LogP contribution in [-0.4, -0.2) is 17.9 Å². The van der Waals surface area contributed by atoms with E-state index in [-0.39, 0.29) is 5.84 Å². The molecule has 2 rings (SSSR count). The highest BCUT2D eigenvalue weighted by atomic mass is 32.1. The number of amidine groups is 1. The molecule has 17 heavy (non-hydrogen) atoms. The zero-order valence-electron chi connectivity index (χ0n) is 10.2. The average Bonchev–Trinajstić information content (AvgIpc) is 2.75. The first-order chi connectivity index (χ1) is 8.22. The van der Waals surface area contributed by atoms with E-state index in [4.69, 9.17) is 15.9 Å². The van der Waals surface area contributed by atoms with Gasteiger partial charge in [0.1, 0.15) is 5.84 Å². The van der Waals surface area contributed by atoms with Crippen LogP contribution >= 0.6 is 11.3 Å². The number of hydrogen-bond donors (Lipinski definition) is 2. The van der Waals surface area contributed by atoms with Crippen LogP contribution in [0.25, 0.3) is 0 Å². The molecule has 0 saturated heterocycles. The molecular formula is C12H19N3OS. The van der Waals surface area contributed by atoms with Gasteiger partial charge in [-0.2, -0.15) is 0 Å². The van der Waals surface area contributed by atoms with Crippen LogP contribution in [0.5, 0.6) is 0 Å². The molecule has 94 valence electrons. The van der Waals surface area contributed by atoms with Crippen molar-refractivity contribution in [3.8, 4) is 0 Å². The van der Waals surface area contributed by atoms with Crippen molar-refractivity contribution in [2.75, 3.05) is 7.11 Å². The van der Waals surface area contributed by atoms with Crippen LogP contribution in [0.2, 0.25) is 0 Å². The van der Waals surface area contributed by atoms with Gasteiger partial charge in [-0.25, -0.2) is 4.98 Å². The second-order valence-corrected chi connectivity index (χ2v) is 5.54. The Bertz CT molecular complexity index is 396. The van der Waals surface area contributed by atoms with Gasteiger partial charge < -0.3 is 10.5 Å². The number of rotatable bonds is 4. The van der Waals surface area contributed by atoms with Crippen molar-refractivity contribution < 1.29 is 4.74 Å². The highest BCUT2D eigenvalue weighted by molar-refractivity contribution is 7.13. The van der Waals surface area contributed by atoms with Gasteiger partial charge in [0.05, 0.1) is 22.2 Å². The number of thiazole rings is 1. The van der Waals surface area contributed by atoms with E-state index in [0.717, 1.165) is 15.6 Å². The van der Waals surface area contributed by atoms with E-state index < -0.39 is 0 Å². The molecule has 1 aromatic heterocycles. The van der Waals surface area contributed by atoms with E-state index in [2.05, 4.69) is 4.98 Å². The third-order valence-electron chi connectivity index (χ3n) is 3.19. The first kappa shape index (κ1) is 12.5. The molecule has 5 heteroatoms. The van der Waals surface area contributed by atoms with Crippen LogP contribution in [0, 0.1) is 5.41 Å². The average molecular weight is 253 g/mol. The minimum Gasteiger partial charge on any atom is -0.383 e. The summed E-state index contributed by atoms with van der Waals surface area (Å²) in [4.78, 5) is 5.40. The Labute approximate surface area is 106 Å². The third kappa shape index (κ3) is 2.84. The summed E-state index contributed by atoms with van der Waals surface area (Å²) in [6.07, 6.45) is 6.36. The number of ether oxygens (including phenoxy) is 1. The Morgan fingerprint density at radius 2 is 2.18 bits per heavy atom. The summed E-state index contributed by atoms with van der Waals surface area (Å²) in [5, 5.41) is 8.72. The van der Waals surface area contributed by atoms with Crippen LogP contribution in [-0.2, 0) is 11.3 Å². The summed E-state index contributed by atoms with van der Waals surface area (Å²) < 4.78 is 5.11. The van der Waals surface area contributed by atoms with E-state index in [9.17, 15) is 0 Å². The third-order valence-corrected chi connectivity index (χ3v) is 4.49. The molecule has 1 aromatic rings. The first-order valence-electron chi connectivity index (χ1n) is 6.05. The Morgan fingerprint density at radius 1 is 1.47 bits per heavy atom. The van der Waals surface area contributed by atoms with Crippen LogP contribution < -0.4 is 5.73 Å². The summed E-state index contributed by atoms with van der Waals surface area (Å²) in [5.74, 6) is 0.675. The minimum atomic E-state index is 0.108. The molecule has 0 atom stereocenters. The van der Waals surface area contributed by atoms with Crippen LogP contribution in [0.4, 0.5) is 0 Å².